The molecule has 0 fully saturated rings. The maximum Gasteiger partial charge on any atom is 0.154 e. The quantitative estimate of drug-likeness (QED) is 0.564. The van der Waals surface area contributed by atoms with Crippen molar-refractivity contribution in [3.05, 3.63) is 18.0 Å². The summed E-state index contributed by atoms with van der Waals surface area (Å²) in [5, 5.41) is 4.01. The number of hydrogen-bond donors (Lipinski definition) is 2. The molecule has 3 N–H and O–H groups in total. The molecule has 0 bridgehead atoms. The molecular formula is C9H18N4O2S. The fourth-order valence-electron chi connectivity index (χ4n) is 1.50. The molecule has 1 atom stereocenters. The van der Waals surface area contributed by atoms with E-state index in [4.69, 9.17) is 5.84 Å². The Kier molecular flexibility index (Phi) is 3.41. The summed E-state index contributed by atoms with van der Waals surface area (Å²) in [5.41, 5.74) is 3.30. The van der Waals surface area contributed by atoms with Gasteiger partial charge in [-0.15, -0.1) is 0 Å². The van der Waals surface area contributed by atoms with Gasteiger partial charge in [0.25, 0.3) is 0 Å². The highest BCUT2D eigenvalue weighted by atomic mass is 32.2. The number of aromatic nitrogens is 2. The number of nitrogens with zero attached hydrogens (tertiary/aromatic N) is 2. The van der Waals surface area contributed by atoms with Gasteiger partial charge in [0.1, 0.15) is 0 Å². The Hall–Kier alpha value is -0.920. The smallest absolute Gasteiger partial charge is 0.154 e. The van der Waals surface area contributed by atoms with Crippen LogP contribution in [0.25, 0.3) is 0 Å². The number of nitrogens with one attached hydrogen (secondary N) is 1. The SMILES string of the molecule is Cn1cc(C(NN)C(C)(C)S(C)(=O)=O)cn1. The van der Waals surface area contributed by atoms with E-state index in [0.717, 1.165) is 5.56 Å². The zero-order valence-corrected chi connectivity index (χ0v) is 10.7. The first kappa shape index (κ1) is 13.1. The molecule has 0 spiro atoms. The van der Waals surface area contributed by atoms with E-state index in [-0.39, 0.29) is 0 Å². The minimum atomic E-state index is -3.23. The van der Waals surface area contributed by atoms with E-state index in [9.17, 15) is 8.42 Å². The molecule has 1 aromatic heterocycles. The predicted molar refractivity (Wildman–Crippen MR) is 62.2 cm³/mol. The molecule has 0 radical (unpaired) electrons. The van der Waals surface area contributed by atoms with E-state index in [1.54, 1.807) is 38.0 Å². The second kappa shape index (κ2) is 4.15. The average Bonchev–Trinajstić information content (AvgIpc) is 2.50. The standard InChI is InChI=1S/C9H18N4O2S/c1-9(2,16(4,14)15)8(12-10)7-5-11-13(3)6-7/h5-6,8,12H,10H2,1-4H3. The number of aryl methyl sites for hydroxylation is 1. The Bertz CT molecular complexity index is 464. The second-order valence-electron chi connectivity index (χ2n) is 4.42. The molecule has 92 valence electrons. The highest BCUT2D eigenvalue weighted by molar-refractivity contribution is 7.92. The highest BCUT2D eigenvalue weighted by Gasteiger charge is 2.40. The van der Waals surface area contributed by atoms with E-state index in [2.05, 4.69) is 10.5 Å². The monoisotopic (exact) mass is 246 g/mol. The Morgan fingerprint density at radius 2 is 2.12 bits per heavy atom. The van der Waals surface area contributed by atoms with Crippen LogP contribution in [-0.4, -0.2) is 29.2 Å². The van der Waals surface area contributed by atoms with E-state index in [0.29, 0.717) is 0 Å². The fourth-order valence-corrected chi connectivity index (χ4v) is 2.13. The Morgan fingerprint density at radius 3 is 2.44 bits per heavy atom. The number of hydrogen-bond acceptors (Lipinski definition) is 5. The third kappa shape index (κ3) is 2.26. The van der Waals surface area contributed by atoms with Crippen molar-refractivity contribution in [2.24, 2.45) is 12.9 Å². The topological polar surface area (TPSA) is 90.0 Å². The van der Waals surface area contributed by atoms with Crippen LogP contribution in [-0.2, 0) is 16.9 Å². The maximum atomic E-state index is 11.7. The van der Waals surface area contributed by atoms with Crippen molar-refractivity contribution in [3.8, 4) is 0 Å². The van der Waals surface area contributed by atoms with Crippen molar-refractivity contribution >= 4 is 9.84 Å². The largest absolute Gasteiger partial charge is 0.275 e. The van der Waals surface area contributed by atoms with Gasteiger partial charge >= 0.3 is 0 Å². The van der Waals surface area contributed by atoms with Crippen LogP contribution >= 0.6 is 0 Å². The number of hydrazine groups is 1. The van der Waals surface area contributed by atoms with Crippen molar-refractivity contribution in [3.63, 3.8) is 0 Å². The van der Waals surface area contributed by atoms with Gasteiger partial charge in [0, 0.05) is 25.1 Å². The molecule has 0 saturated carbocycles. The van der Waals surface area contributed by atoms with Crippen molar-refractivity contribution in [2.75, 3.05) is 6.26 Å². The third-order valence-electron chi connectivity index (χ3n) is 2.88. The van der Waals surface area contributed by atoms with E-state index >= 15 is 0 Å². The van der Waals surface area contributed by atoms with Gasteiger partial charge in [-0.2, -0.15) is 5.10 Å². The Labute approximate surface area is 95.7 Å². The molecule has 0 aliphatic rings. The molecule has 0 amide bonds. The fraction of sp³-hybridized carbons (Fsp3) is 0.667. The zero-order chi connectivity index (χ0) is 12.6. The maximum absolute atomic E-state index is 11.7. The summed E-state index contributed by atoms with van der Waals surface area (Å²) in [7, 11) is -1.46. The van der Waals surface area contributed by atoms with Crippen LogP contribution in [0.4, 0.5) is 0 Å². The number of sulfone groups is 1. The van der Waals surface area contributed by atoms with Gasteiger partial charge in [0.2, 0.25) is 0 Å². The third-order valence-corrected chi connectivity index (χ3v) is 5.02. The van der Waals surface area contributed by atoms with Gasteiger partial charge in [-0.05, 0) is 13.8 Å². The molecule has 1 heterocycles. The predicted octanol–water partition coefficient (Wildman–Crippen LogP) is -0.252. The summed E-state index contributed by atoms with van der Waals surface area (Å²) in [6, 6.07) is -0.490. The van der Waals surface area contributed by atoms with Gasteiger partial charge < -0.3 is 0 Å². The zero-order valence-electron chi connectivity index (χ0n) is 9.93. The van der Waals surface area contributed by atoms with Gasteiger partial charge in [0.15, 0.2) is 9.84 Å². The van der Waals surface area contributed by atoms with Crippen LogP contribution in [0, 0.1) is 0 Å². The van der Waals surface area contributed by atoms with E-state index in [1.807, 2.05) is 0 Å². The summed E-state index contributed by atoms with van der Waals surface area (Å²) < 4.78 is 24.0. The van der Waals surface area contributed by atoms with E-state index < -0.39 is 20.6 Å². The lowest BCUT2D eigenvalue weighted by Crippen LogP contribution is -2.47. The lowest BCUT2D eigenvalue weighted by Gasteiger charge is -2.31. The highest BCUT2D eigenvalue weighted by Crippen LogP contribution is 2.31. The summed E-state index contributed by atoms with van der Waals surface area (Å²) in [6.07, 6.45) is 4.56. The van der Waals surface area contributed by atoms with Crippen molar-refractivity contribution in [1.29, 1.82) is 0 Å². The molecule has 7 heteroatoms. The van der Waals surface area contributed by atoms with Gasteiger partial charge in [-0.1, -0.05) is 0 Å². The lowest BCUT2D eigenvalue weighted by molar-refractivity contribution is 0.427. The second-order valence-corrected chi connectivity index (χ2v) is 7.02. The minimum absolute atomic E-state index is 0.490. The summed E-state index contributed by atoms with van der Waals surface area (Å²) >= 11 is 0. The van der Waals surface area contributed by atoms with Gasteiger partial charge in [-0.3, -0.25) is 16.0 Å². The molecule has 1 aromatic rings. The summed E-state index contributed by atoms with van der Waals surface area (Å²) in [4.78, 5) is 0. The van der Waals surface area contributed by atoms with Crippen LogP contribution in [0.5, 0.6) is 0 Å². The first-order chi connectivity index (χ1) is 7.20. The number of rotatable bonds is 4. The van der Waals surface area contributed by atoms with Crippen LogP contribution in [0.2, 0.25) is 0 Å². The molecule has 16 heavy (non-hydrogen) atoms. The molecule has 1 unspecified atom stereocenters. The molecular weight excluding hydrogens is 228 g/mol. The molecule has 1 rings (SSSR count). The lowest BCUT2D eigenvalue weighted by atomic mass is 9.98. The van der Waals surface area contributed by atoms with Gasteiger partial charge in [0.05, 0.1) is 17.0 Å². The molecule has 0 aliphatic heterocycles. The van der Waals surface area contributed by atoms with Crippen LogP contribution < -0.4 is 11.3 Å². The average molecular weight is 246 g/mol. The summed E-state index contributed by atoms with van der Waals surface area (Å²) in [5.74, 6) is 5.45. The van der Waals surface area contributed by atoms with Crippen LogP contribution in [0.3, 0.4) is 0 Å². The number of nitrogens with two attached hydrogens (primary N) is 1. The van der Waals surface area contributed by atoms with E-state index in [1.165, 1.54) is 6.26 Å². The molecule has 0 aliphatic carbocycles. The first-order valence-corrected chi connectivity index (χ1v) is 6.73. The minimum Gasteiger partial charge on any atom is -0.275 e. The normalized spacial score (nSPS) is 15.1. The van der Waals surface area contributed by atoms with Crippen molar-refractivity contribution < 1.29 is 8.42 Å². The van der Waals surface area contributed by atoms with Gasteiger partial charge in [-0.25, -0.2) is 8.42 Å². The molecule has 0 aromatic carbocycles. The Morgan fingerprint density at radius 1 is 1.56 bits per heavy atom. The van der Waals surface area contributed by atoms with Crippen LogP contribution in [0.1, 0.15) is 25.5 Å². The Balaban J connectivity index is 3.18. The van der Waals surface area contributed by atoms with Crippen molar-refractivity contribution in [2.45, 2.75) is 24.6 Å². The summed E-state index contributed by atoms with van der Waals surface area (Å²) in [6.45, 7) is 3.28. The molecule has 6 nitrogen and oxygen atoms in total. The van der Waals surface area contributed by atoms with Crippen molar-refractivity contribution in [1.82, 2.24) is 15.2 Å². The van der Waals surface area contributed by atoms with Crippen LogP contribution in [0.15, 0.2) is 12.4 Å². The first-order valence-electron chi connectivity index (χ1n) is 4.84. The molecule has 0 saturated heterocycles.